The molecule has 0 bridgehead atoms. The maximum absolute atomic E-state index is 10.8. The molecule has 5 nitrogen and oxygen atoms in total. The molecule has 1 unspecified atom stereocenters. The maximum atomic E-state index is 10.8. The second-order valence-corrected chi connectivity index (χ2v) is 4.44. The van der Waals surface area contributed by atoms with Crippen LogP contribution in [0.25, 0.3) is 0 Å². The normalized spacial score (nSPS) is 19.1. The van der Waals surface area contributed by atoms with Crippen LogP contribution in [0.2, 0.25) is 0 Å². The van der Waals surface area contributed by atoms with Gasteiger partial charge < -0.3 is 10.6 Å². The summed E-state index contributed by atoms with van der Waals surface area (Å²) in [6.45, 7) is 0. The van der Waals surface area contributed by atoms with Gasteiger partial charge in [0.2, 0.25) is 0 Å². The fraction of sp³-hybridized carbons (Fsp3) is 0.0909. The summed E-state index contributed by atoms with van der Waals surface area (Å²) in [5.74, 6) is 0. The van der Waals surface area contributed by atoms with Crippen LogP contribution in [0, 0.1) is 10.1 Å². The number of rotatable bonds is 2. The lowest BCUT2D eigenvalue weighted by Crippen LogP contribution is -2.43. The molecule has 1 atom stereocenters. The molecule has 0 radical (unpaired) electrons. The predicted octanol–water partition coefficient (Wildman–Crippen LogP) is 2.23. The van der Waals surface area contributed by atoms with Crippen LogP contribution in [-0.4, -0.2) is 11.1 Å². The van der Waals surface area contributed by atoms with Crippen LogP contribution < -0.4 is 10.6 Å². The first-order chi connectivity index (χ1) is 8.09. The fourth-order valence-corrected chi connectivity index (χ4v) is 2.01. The second-order valence-electron chi connectivity index (χ2n) is 3.52. The molecule has 0 saturated heterocycles. The number of benzene rings is 1. The summed E-state index contributed by atoms with van der Waals surface area (Å²) in [4.78, 5) is 12.0. The monoisotopic (exact) mass is 295 g/mol. The van der Waals surface area contributed by atoms with E-state index in [1.165, 1.54) is 6.08 Å². The van der Waals surface area contributed by atoms with Crippen LogP contribution in [0.15, 0.2) is 52.8 Å². The summed E-state index contributed by atoms with van der Waals surface area (Å²) in [5, 5.41) is 10.8. The molecule has 0 spiro atoms. The van der Waals surface area contributed by atoms with Gasteiger partial charge >= 0.3 is 0 Å². The lowest BCUT2D eigenvalue weighted by atomic mass is 10.2. The van der Waals surface area contributed by atoms with Gasteiger partial charge in [-0.15, -0.1) is 0 Å². The van der Waals surface area contributed by atoms with Crippen molar-refractivity contribution in [3.8, 4) is 0 Å². The zero-order valence-electron chi connectivity index (χ0n) is 8.79. The van der Waals surface area contributed by atoms with Gasteiger partial charge in [-0.25, -0.2) is 0 Å². The molecule has 1 aliphatic rings. The number of nitrogens with zero attached hydrogens (tertiary/aromatic N) is 2. The summed E-state index contributed by atoms with van der Waals surface area (Å²) >= 11 is 3.35. The second kappa shape index (κ2) is 4.68. The largest absolute Gasteiger partial charge is 0.322 e. The highest BCUT2D eigenvalue weighted by Gasteiger charge is 2.28. The molecule has 0 aromatic heterocycles. The van der Waals surface area contributed by atoms with Crippen LogP contribution >= 0.6 is 15.9 Å². The van der Waals surface area contributed by atoms with Crippen molar-refractivity contribution < 1.29 is 4.92 Å². The molecule has 0 aliphatic carbocycles. The Morgan fingerprint density at radius 3 is 2.88 bits per heavy atom. The highest BCUT2D eigenvalue weighted by Crippen LogP contribution is 2.25. The van der Waals surface area contributed by atoms with Gasteiger partial charge in [0.1, 0.15) is 0 Å². The van der Waals surface area contributed by atoms with E-state index in [4.69, 9.17) is 5.73 Å². The average molecular weight is 296 g/mol. The number of hydrogen-bond donors (Lipinski definition) is 1. The van der Waals surface area contributed by atoms with Gasteiger partial charge in [-0.05, 0) is 24.3 Å². The standard InChI is InChI=1S/C11H10BrN3O2/c12-8-3-1-4-9(7-8)14-6-2-5-10(11(14)13)15(16)17/h1-7,11H,13H2. The molecule has 2 rings (SSSR count). The maximum Gasteiger partial charge on any atom is 0.283 e. The van der Waals surface area contributed by atoms with E-state index in [0.29, 0.717) is 0 Å². The zero-order valence-corrected chi connectivity index (χ0v) is 10.4. The van der Waals surface area contributed by atoms with E-state index in [0.717, 1.165) is 10.2 Å². The van der Waals surface area contributed by atoms with Crippen molar-refractivity contribution in [3.05, 3.63) is 62.9 Å². The first kappa shape index (κ1) is 11.8. The van der Waals surface area contributed by atoms with Crippen molar-refractivity contribution in [2.45, 2.75) is 6.17 Å². The predicted molar refractivity (Wildman–Crippen MR) is 68.8 cm³/mol. The van der Waals surface area contributed by atoms with Crippen LogP contribution in [0.1, 0.15) is 0 Å². The van der Waals surface area contributed by atoms with Crippen molar-refractivity contribution in [3.63, 3.8) is 0 Å². The number of hydrogen-bond acceptors (Lipinski definition) is 4. The van der Waals surface area contributed by atoms with E-state index in [2.05, 4.69) is 15.9 Å². The van der Waals surface area contributed by atoms with Gasteiger partial charge in [0.15, 0.2) is 6.17 Å². The van der Waals surface area contributed by atoms with E-state index in [1.807, 2.05) is 24.3 Å². The minimum atomic E-state index is -0.774. The molecule has 1 heterocycles. The van der Waals surface area contributed by atoms with Crippen molar-refractivity contribution in [2.24, 2.45) is 5.73 Å². The Morgan fingerprint density at radius 1 is 1.47 bits per heavy atom. The Labute approximate surface area is 106 Å². The number of anilines is 1. The van der Waals surface area contributed by atoms with Crippen molar-refractivity contribution in [1.29, 1.82) is 0 Å². The third-order valence-electron chi connectivity index (χ3n) is 2.43. The number of nitrogens with two attached hydrogens (primary N) is 1. The first-order valence-corrected chi connectivity index (χ1v) is 5.71. The Balaban J connectivity index is 2.33. The van der Waals surface area contributed by atoms with Crippen LogP contribution in [-0.2, 0) is 0 Å². The van der Waals surface area contributed by atoms with Crippen LogP contribution in [0.5, 0.6) is 0 Å². The fourth-order valence-electron chi connectivity index (χ4n) is 1.62. The number of nitro groups is 1. The summed E-state index contributed by atoms with van der Waals surface area (Å²) in [5.41, 5.74) is 6.64. The van der Waals surface area contributed by atoms with E-state index in [1.54, 1.807) is 17.2 Å². The van der Waals surface area contributed by atoms with Crippen molar-refractivity contribution >= 4 is 21.6 Å². The smallest absolute Gasteiger partial charge is 0.283 e. The van der Waals surface area contributed by atoms with Crippen LogP contribution in [0.4, 0.5) is 5.69 Å². The lowest BCUT2D eigenvalue weighted by Gasteiger charge is -2.27. The molecule has 88 valence electrons. The summed E-state index contributed by atoms with van der Waals surface area (Å²) < 4.78 is 0.896. The summed E-state index contributed by atoms with van der Waals surface area (Å²) in [6, 6.07) is 7.43. The summed E-state index contributed by atoms with van der Waals surface area (Å²) in [6.07, 6.45) is 3.98. The lowest BCUT2D eigenvalue weighted by molar-refractivity contribution is -0.429. The molecule has 1 aromatic rings. The molecule has 17 heavy (non-hydrogen) atoms. The molecule has 1 aromatic carbocycles. The molecule has 0 fully saturated rings. The van der Waals surface area contributed by atoms with Gasteiger partial charge in [-0.2, -0.15) is 0 Å². The molecule has 6 heteroatoms. The van der Waals surface area contributed by atoms with E-state index in [9.17, 15) is 10.1 Å². The third kappa shape index (κ3) is 2.37. The molecule has 0 saturated carbocycles. The molecule has 0 amide bonds. The number of allylic oxidation sites excluding steroid dienone is 2. The molecule has 2 N–H and O–H groups in total. The Morgan fingerprint density at radius 2 is 2.24 bits per heavy atom. The Kier molecular flexibility index (Phi) is 3.26. The Hall–Kier alpha value is -1.66. The number of halogens is 1. The van der Waals surface area contributed by atoms with Crippen LogP contribution in [0.3, 0.4) is 0 Å². The quantitative estimate of drug-likeness (QED) is 0.671. The average Bonchev–Trinajstić information content (AvgIpc) is 2.29. The SMILES string of the molecule is NC1C([N+](=O)[O-])=CC=CN1c1cccc(Br)c1. The van der Waals surface area contributed by atoms with Gasteiger partial charge in [0.25, 0.3) is 5.70 Å². The van der Waals surface area contributed by atoms with E-state index in [-0.39, 0.29) is 5.70 Å². The van der Waals surface area contributed by atoms with Crippen molar-refractivity contribution in [1.82, 2.24) is 0 Å². The highest BCUT2D eigenvalue weighted by atomic mass is 79.9. The molecular weight excluding hydrogens is 286 g/mol. The van der Waals surface area contributed by atoms with Gasteiger partial charge in [0, 0.05) is 22.4 Å². The first-order valence-electron chi connectivity index (χ1n) is 4.92. The van der Waals surface area contributed by atoms with E-state index < -0.39 is 11.1 Å². The zero-order chi connectivity index (χ0) is 12.4. The van der Waals surface area contributed by atoms with Gasteiger partial charge in [-0.3, -0.25) is 10.1 Å². The van der Waals surface area contributed by atoms with Gasteiger partial charge in [0.05, 0.1) is 4.92 Å². The Bertz CT molecular complexity index is 513. The highest BCUT2D eigenvalue weighted by molar-refractivity contribution is 9.10. The topological polar surface area (TPSA) is 72.4 Å². The minimum absolute atomic E-state index is 0.0209. The third-order valence-corrected chi connectivity index (χ3v) is 2.93. The molecule has 1 aliphatic heterocycles. The minimum Gasteiger partial charge on any atom is -0.322 e. The molecular formula is C11H10BrN3O2. The summed E-state index contributed by atoms with van der Waals surface area (Å²) in [7, 11) is 0. The van der Waals surface area contributed by atoms with Crippen molar-refractivity contribution in [2.75, 3.05) is 4.90 Å². The van der Waals surface area contributed by atoms with Gasteiger partial charge in [-0.1, -0.05) is 22.0 Å². The van der Waals surface area contributed by atoms with E-state index >= 15 is 0 Å².